The molecule has 1 amide bonds. The maximum Gasteiger partial charge on any atom is 0.223 e. The van der Waals surface area contributed by atoms with Gasteiger partial charge in [0.15, 0.2) is 9.84 Å². The molecule has 1 aromatic rings. The Balaban J connectivity index is 2.06. The van der Waals surface area contributed by atoms with Gasteiger partial charge >= 0.3 is 0 Å². The summed E-state index contributed by atoms with van der Waals surface area (Å²) in [7, 11) is -3.65. The highest BCUT2D eigenvalue weighted by molar-refractivity contribution is 7.92. The molecule has 1 aliphatic rings. The molecule has 1 fully saturated rings. The van der Waals surface area contributed by atoms with E-state index >= 15 is 0 Å². The van der Waals surface area contributed by atoms with Gasteiger partial charge in [0.05, 0.1) is 10.1 Å². The van der Waals surface area contributed by atoms with E-state index in [2.05, 4.69) is 5.32 Å². The van der Waals surface area contributed by atoms with Gasteiger partial charge in [0.1, 0.15) is 5.82 Å². The second-order valence-corrected chi connectivity index (χ2v) is 8.65. The van der Waals surface area contributed by atoms with Gasteiger partial charge in [0.2, 0.25) is 5.91 Å². The number of hydrogen-bond donors (Lipinski definition) is 1. The minimum atomic E-state index is -3.65. The summed E-state index contributed by atoms with van der Waals surface area (Å²) in [4.78, 5) is 14.2. The van der Waals surface area contributed by atoms with Crippen LogP contribution < -0.4 is 5.32 Å². The average Bonchev–Trinajstić information content (AvgIpc) is 2.46. The van der Waals surface area contributed by atoms with Gasteiger partial charge in [0, 0.05) is 31.6 Å². The van der Waals surface area contributed by atoms with Crippen LogP contribution in [0.5, 0.6) is 0 Å². The highest BCUT2D eigenvalue weighted by Gasteiger charge is 2.30. The average molecular weight is 342 g/mol. The van der Waals surface area contributed by atoms with E-state index in [-0.39, 0.29) is 29.3 Å². The smallest absolute Gasteiger partial charge is 0.223 e. The number of halogens is 1. The molecule has 128 valence electrons. The van der Waals surface area contributed by atoms with Crippen LogP contribution >= 0.6 is 0 Å². The molecule has 0 aromatic heterocycles. The van der Waals surface area contributed by atoms with Crippen LogP contribution in [0.3, 0.4) is 0 Å². The second kappa shape index (κ2) is 6.97. The van der Waals surface area contributed by atoms with Crippen molar-refractivity contribution in [2.24, 2.45) is 0 Å². The second-order valence-electron chi connectivity index (χ2n) is 6.28. The van der Waals surface area contributed by atoms with Gasteiger partial charge < -0.3 is 10.2 Å². The first-order chi connectivity index (χ1) is 10.7. The van der Waals surface area contributed by atoms with E-state index in [1.807, 2.05) is 13.8 Å². The maximum atomic E-state index is 12.9. The van der Waals surface area contributed by atoms with Crippen molar-refractivity contribution in [3.05, 3.63) is 30.1 Å². The number of carbonyl (C=O) groups excluding carboxylic acids is 1. The molecule has 5 nitrogen and oxygen atoms in total. The monoisotopic (exact) mass is 342 g/mol. The zero-order chi connectivity index (χ0) is 17.2. The Morgan fingerprint density at radius 1 is 1.26 bits per heavy atom. The van der Waals surface area contributed by atoms with Crippen LogP contribution in [0.25, 0.3) is 0 Å². The van der Waals surface area contributed by atoms with E-state index in [0.717, 1.165) is 12.1 Å². The molecule has 1 aromatic carbocycles. The predicted molar refractivity (Wildman–Crippen MR) is 86.3 cm³/mol. The number of benzene rings is 1. The number of nitrogens with one attached hydrogen (secondary N) is 1. The van der Waals surface area contributed by atoms with Crippen LogP contribution in [0, 0.1) is 5.82 Å². The molecular weight excluding hydrogens is 319 g/mol. The third kappa shape index (κ3) is 4.29. The zero-order valence-electron chi connectivity index (χ0n) is 13.6. The fourth-order valence-corrected chi connectivity index (χ4v) is 4.21. The summed E-state index contributed by atoms with van der Waals surface area (Å²) in [6.45, 7) is 6.66. The Kier molecular flexibility index (Phi) is 5.41. The Morgan fingerprint density at radius 3 is 2.30 bits per heavy atom. The SMILES string of the molecule is C[C@@H]1CN(C(=O)C[C@H](C)S(=O)(=O)c2ccc(F)cc2)C[C@@H](C)N1. The predicted octanol–water partition coefficient (Wildman–Crippen LogP) is 1.59. The van der Waals surface area contributed by atoms with Crippen molar-refractivity contribution in [1.82, 2.24) is 10.2 Å². The summed E-state index contributed by atoms with van der Waals surface area (Å²) in [6, 6.07) is 5.07. The van der Waals surface area contributed by atoms with Crippen LogP contribution in [-0.2, 0) is 14.6 Å². The van der Waals surface area contributed by atoms with Crippen molar-refractivity contribution in [2.45, 2.75) is 49.4 Å². The molecule has 1 saturated heterocycles. The minimum absolute atomic E-state index is 0.0428. The van der Waals surface area contributed by atoms with E-state index in [4.69, 9.17) is 0 Å². The summed E-state index contributed by atoms with van der Waals surface area (Å²) >= 11 is 0. The molecule has 0 saturated carbocycles. The van der Waals surface area contributed by atoms with Crippen molar-refractivity contribution in [1.29, 1.82) is 0 Å². The first-order valence-electron chi connectivity index (χ1n) is 7.73. The highest BCUT2D eigenvalue weighted by atomic mass is 32.2. The van der Waals surface area contributed by atoms with Gasteiger partial charge in [-0.3, -0.25) is 4.79 Å². The van der Waals surface area contributed by atoms with E-state index < -0.39 is 20.9 Å². The Bertz CT molecular complexity index is 650. The Hall–Kier alpha value is -1.47. The number of rotatable bonds is 4. The molecule has 1 aliphatic heterocycles. The number of piperazine rings is 1. The highest BCUT2D eigenvalue weighted by Crippen LogP contribution is 2.20. The number of sulfone groups is 1. The standard InChI is InChI=1S/C16H23FN2O3S/c1-11-9-19(10-12(2)18-11)16(20)8-13(3)23(21,22)15-6-4-14(17)5-7-15/h4-7,11-13,18H,8-10H2,1-3H3/t11-,12-,13+/m1/s1. The first-order valence-corrected chi connectivity index (χ1v) is 9.28. The van der Waals surface area contributed by atoms with Crippen LogP contribution in [0.1, 0.15) is 27.2 Å². The molecular formula is C16H23FN2O3S. The van der Waals surface area contributed by atoms with Crippen molar-refractivity contribution in [3.63, 3.8) is 0 Å². The molecule has 0 spiro atoms. The fraction of sp³-hybridized carbons (Fsp3) is 0.562. The van der Waals surface area contributed by atoms with Crippen LogP contribution in [0.2, 0.25) is 0 Å². The van der Waals surface area contributed by atoms with Crippen molar-refractivity contribution >= 4 is 15.7 Å². The minimum Gasteiger partial charge on any atom is -0.340 e. The normalized spacial score (nSPS) is 23.6. The quantitative estimate of drug-likeness (QED) is 0.844. The van der Waals surface area contributed by atoms with Crippen LogP contribution in [0.4, 0.5) is 4.39 Å². The van der Waals surface area contributed by atoms with Gasteiger partial charge in [-0.15, -0.1) is 0 Å². The third-order valence-corrected chi connectivity index (χ3v) is 6.20. The lowest BCUT2D eigenvalue weighted by Crippen LogP contribution is -2.56. The molecule has 0 unspecified atom stereocenters. The summed E-state index contributed by atoms with van der Waals surface area (Å²) in [5, 5.41) is 2.48. The summed E-state index contributed by atoms with van der Waals surface area (Å²) in [5.74, 6) is -0.653. The summed E-state index contributed by atoms with van der Waals surface area (Å²) < 4.78 is 37.9. The van der Waals surface area contributed by atoms with Gasteiger partial charge in [-0.1, -0.05) is 0 Å². The summed E-state index contributed by atoms with van der Waals surface area (Å²) in [6.07, 6.45) is -0.0703. The number of amides is 1. The number of hydrogen-bond acceptors (Lipinski definition) is 4. The molecule has 7 heteroatoms. The zero-order valence-corrected chi connectivity index (χ0v) is 14.4. The fourth-order valence-electron chi connectivity index (χ4n) is 2.87. The molecule has 0 aliphatic carbocycles. The van der Waals surface area contributed by atoms with Crippen molar-refractivity contribution in [3.8, 4) is 0 Å². The lowest BCUT2D eigenvalue weighted by molar-refractivity contribution is -0.132. The van der Waals surface area contributed by atoms with Gasteiger partial charge in [-0.2, -0.15) is 0 Å². The molecule has 1 N–H and O–H groups in total. The maximum absolute atomic E-state index is 12.9. The van der Waals surface area contributed by atoms with E-state index in [1.54, 1.807) is 4.90 Å². The van der Waals surface area contributed by atoms with Crippen LogP contribution in [0.15, 0.2) is 29.2 Å². The van der Waals surface area contributed by atoms with Crippen molar-refractivity contribution in [2.75, 3.05) is 13.1 Å². The molecule has 0 bridgehead atoms. The molecule has 3 atom stereocenters. The molecule has 2 rings (SSSR count). The first kappa shape index (κ1) is 17.9. The van der Waals surface area contributed by atoms with E-state index in [1.165, 1.54) is 19.1 Å². The molecule has 1 heterocycles. The lowest BCUT2D eigenvalue weighted by atomic mass is 10.1. The van der Waals surface area contributed by atoms with E-state index in [0.29, 0.717) is 13.1 Å². The molecule has 0 radical (unpaired) electrons. The van der Waals surface area contributed by atoms with Crippen LogP contribution in [-0.4, -0.2) is 49.6 Å². The number of carbonyl (C=O) groups is 1. The third-order valence-electron chi connectivity index (χ3n) is 4.04. The van der Waals surface area contributed by atoms with Crippen molar-refractivity contribution < 1.29 is 17.6 Å². The van der Waals surface area contributed by atoms with Gasteiger partial charge in [-0.05, 0) is 45.0 Å². The lowest BCUT2D eigenvalue weighted by Gasteiger charge is -2.36. The van der Waals surface area contributed by atoms with E-state index in [9.17, 15) is 17.6 Å². The Morgan fingerprint density at radius 2 is 1.78 bits per heavy atom. The largest absolute Gasteiger partial charge is 0.340 e. The molecule has 23 heavy (non-hydrogen) atoms. The van der Waals surface area contributed by atoms with Gasteiger partial charge in [-0.25, -0.2) is 12.8 Å². The van der Waals surface area contributed by atoms with Gasteiger partial charge in [0.25, 0.3) is 0 Å². The number of nitrogens with zero attached hydrogens (tertiary/aromatic N) is 1. The Labute approximate surface area is 136 Å². The topological polar surface area (TPSA) is 66.5 Å². The summed E-state index contributed by atoms with van der Waals surface area (Å²) in [5.41, 5.74) is 0.